The highest BCUT2D eigenvalue weighted by molar-refractivity contribution is 6.03. The zero-order chi connectivity index (χ0) is 24.7. The van der Waals surface area contributed by atoms with Gasteiger partial charge in [0.2, 0.25) is 0 Å². The van der Waals surface area contributed by atoms with E-state index in [-0.39, 0.29) is 5.91 Å². The fourth-order valence-electron chi connectivity index (χ4n) is 5.23. The molecule has 8 nitrogen and oxygen atoms in total. The van der Waals surface area contributed by atoms with Gasteiger partial charge < -0.3 is 14.7 Å². The minimum atomic E-state index is -0.528. The first-order chi connectivity index (χ1) is 16.8. The highest BCUT2D eigenvalue weighted by atomic mass is 16.2. The third-order valence-corrected chi connectivity index (χ3v) is 7.49. The van der Waals surface area contributed by atoms with Gasteiger partial charge in [-0.05, 0) is 43.0 Å². The van der Waals surface area contributed by atoms with Crippen LogP contribution >= 0.6 is 0 Å². The number of imide groups is 1. The van der Waals surface area contributed by atoms with E-state index in [9.17, 15) is 9.59 Å². The Morgan fingerprint density at radius 1 is 0.914 bits per heavy atom. The summed E-state index contributed by atoms with van der Waals surface area (Å²) in [6, 6.07) is 13.9. The number of fused-ring (bicyclic) bond motifs is 1. The number of aryl methyl sites for hydroxylation is 3. The summed E-state index contributed by atoms with van der Waals surface area (Å²) < 4.78 is 0. The van der Waals surface area contributed by atoms with Gasteiger partial charge in [0.05, 0.1) is 0 Å². The van der Waals surface area contributed by atoms with Gasteiger partial charge in [-0.3, -0.25) is 15.0 Å². The van der Waals surface area contributed by atoms with Crippen LogP contribution in [0, 0.1) is 20.8 Å². The second-order valence-electron chi connectivity index (χ2n) is 9.94. The van der Waals surface area contributed by atoms with Crippen LogP contribution in [-0.4, -0.2) is 82.9 Å². The molecule has 2 aromatic carbocycles. The normalized spacial score (nSPS) is 22.9. The highest BCUT2D eigenvalue weighted by Gasteiger charge is 2.49. The van der Waals surface area contributed by atoms with Crippen LogP contribution in [0.4, 0.5) is 4.79 Å². The molecule has 0 aliphatic carbocycles. The molecule has 3 heterocycles. The number of aliphatic imine (C=N–C) groups is 1. The lowest BCUT2D eigenvalue weighted by atomic mass is 10.0. The molecule has 8 heteroatoms. The first-order valence-electron chi connectivity index (χ1n) is 12.3. The minimum Gasteiger partial charge on any atom is -0.340 e. The van der Waals surface area contributed by atoms with E-state index in [1.54, 1.807) is 11.9 Å². The molecule has 184 valence electrons. The summed E-state index contributed by atoms with van der Waals surface area (Å²) in [7, 11) is 1.71. The first kappa shape index (κ1) is 23.4. The Hall–Kier alpha value is -3.39. The number of hydrogen-bond acceptors (Lipinski definition) is 6. The Morgan fingerprint density at radius 3 is 2.37 bits per heavy atom. The van der Waals surface area contributed by atoms with Crippen LogP contribution < -0.4 is 5.32 Å². The van der Waals surface area contributed by atoms with Gasteiger partial charge >= 0.3 is 6.03 Å². The summed E-state index contributed by atoms with van der Waals surface area (Å²) >= 11 is 0. The van der Waals surface area contributed by atoms with Crippen molar-refractivity contribution in [1.29, 1.82) is 0 Å². The third kappa shape index (κ3) is 4.50. The summed E-state index contributed by atoms with van der Waals surface area (Å²) in [5.74, 6) is 0.533. The number of hydrogen-bond donors (Lipinski definition) is 1. The van der Waals surface area contributed by atoms with Gasteiger partial charge in [-0.1, -0.05) is 48.0 Å². The number of likely N-dealkylation sites (N-methyl/N-ethyl adjacent to an activating group) is 1. The lowest BCUT2D eigenvalue weighted by molar-refractivity contribution is -0.127. The molecular formula is C27H34N6O2. The molecule has 0 aromatic heterocycles. The second kappa shape index (κ2) is 9.34. The summed E-state index contributed by atoms with van der Waals surface area (Å²) in [5.41, 5.74) is 6.32. The maximum absolute atomic E-state index is 13.0. The van der Waals surface area contributed by atoms with E-state index >= 15 is 0 Å². The molecule has 5 rings (SSSR count). The number of amides is 3. The van der Waals surface area contributed by atoms with Crippen molar-refractivity contribution < 1.29 is 9.59 Å². The van der Waals surface area contributed by atoms with Crippen molar-refractivity contribution in [3.05, 3.63) is 70.3 Å². The number of carbonyl (C=O) groups excluding carboxylic acids is 2. The van der Waals surface area contributed by atoms with Gasteiger partial charge in [-0.15, -0.1) is 0 Å². The minimum absolute atomic E-state index is 0.279. The second-order valence-corrected chi connectivity index (χ2v) is 9.94. The van der Waals surface area contributed by atoms with Gasteiger partial charge in [-0.2, -0.15) is 0 Å². The van der Waals surface area contributed by atoms with Crippen LogP contribution in [0.1, 0.15) is 27.8 Å². The molecule has 2 aromatic rings. The average molecular weight is 475 g/mol. The van der Waals surface area contributed by atoms with Gasteiger partial charge in [0.1, 0.15) is 0 Å². The predicted molar refractivity (Wildman–Crippen MR) is 136 cm³/mol. The summed E-state index contributed by atoms with van der Waals surface area (Å²) in [4.78, 5) is 38.6. The monoisotopic (exact) mass is 474 g/mol. The Kier molecular flexibility index (Phi) is 6.23. The number of urea groups is 1. The molecule has 2 fully saturated rings. The molecule has 3 aliphatic heterocycles. The number of piperazine rings is 1. The summed E-state index contributed by atoms with van der Waals surface area (Å²) in [5, 5.41) is 2.50. The lowest BCUT2D eigenvalue weighted by Crippen LogP contribution is -2.64. The molecule has 0 bridgehead atoms. The van der Waals surface area contributed by atoms with Crippen molar-refractivity contribution in [3.8, 4) is 0 Å². The van der Waals surface area contributed by atoms with E-state index in [4.69, 9.17) is 4.99 Å². The van der Waals surface area contributed by atoms with Crippen molar-refractivity contribution in [2.24, 2.45) is 4.99 Å². The Morgan fingerprint density at radius 2 is 1.63 bits per heavy atom. The number of carbonyl (C=O) groups is 2. The van der Waals surface area contributed by atoms with Crippen molar-refractivity contribution >= 4 is 17.9 Å². The number of nitrogens with one attached hydrogen (secondary N) is 1. The predicted octanol–water partition coefficient (Wildman–Crippen LogP) is 2.48. The maximum Gasteiger partial charge on any atom is 0.325 e. The molecular weight excluding hydrogens is 440 g/mol. The lowest BCUT2D eigenvalue weighted by Gasteiger charge is -2.40. The quantitative estimate of drug-likeness (QED) is 0.737. The molecule has 2 unspecified atom stereocenters. The molecule has 35 heavy (non-hydrogen) atoms. The molecule has 2 saturated heterocycles. The number of benzene rings is 2. The smallest absolute Gasteiger partial charge is 0.325 e. The molecule has 3 amide bonds. The fraction of sp³-hybridized carbons (Fsp3) is 0.444. The Bertz CT molecular complexity index is 1170. The van der Waals surface area contributed by atoms with Gasteiger partial charge in [0.15, 0.2) is 18.2 Å². The van der Waals surface area contributed by atoms with Gasteiger partial charge in [0, 0.05) is 46.3 Å². The summed E-state index contributed by atoms with van der Waals surface area (Å²) in [6.07, 6.45) is -0.511. The zero-order valence-corrected chi connectivity index (χ0v) is 21.0. The van der Waals surface area contributed by atoms with E-state index < -0.39 is 18.2 Å². The van der Waals surface area contributed by atoms with E-state index in [2.05, 4.69) is 71.1 Å². The van der Waals surface area contributed by atoms with Gasteiger partial charge in [0.25, 0.3) is 5.91 Å². The summed E-state index contributed by atoms with van der Waals surface area (Å²) in [6.45, 7) is 11.4. The van der Waals surface area contributed by atoms with Crippen LogP contribution in [-0.2, 0) is 17.9 Å². The first-order valence-corrected chi connectivity index (χ1v) is 12.3. The van der Waals surface area contributed by atoms with Crippen LogP contribution in [0.25, 0.3) is 0 Å². The SMILES string of the molecule is Cc1ccc(C)c(CN2CCN(C3=NC4C(C(=O)NC(=O)N4C)N3Cc3ccccc3C)CC2)c1. The Balaban J connectivity index is 1.36. The molecule has 2 atom stereocenters. The maximum atomic E-state index is 13.0. The largest absolute Gasteiger partial charge is 0.340 e. The molecule has 0 saturated carbocycles. The third-order valence-electron chi connectivity index (χ3n) is 7.49. The standard InChI is InChI=1S/C27H34N6O2/c1-18-9-10-20(3)22(15-18)16-31-11-13-32(14-12-31)26-28-24-23(25(34)29-27(35)30(24)4)33(26)17-21-8-6-5-7-19(21)2/h5-10,15,23-24H,11-14,16-17H2,1-4H3,(H,29,34,35). The Labute approximate surface area is 207 Å². The van der Waals surface area contributed by atoms with Gasteiger partial charge in [-0.25, -0.2) is 9.79 Å². The number of nitrogens with zero attached hydrogens (tertiary/aromatic N) is 5. The average Bonchev–Trinajstić information content (AvgIpc) is 3.22. The van der Waals surface area contributed by atoms with Crippen molar-refractivity contribution in [3.63, 3.8) is 0 Å². The molecule has 0 spiro atoms. The van der Waals surface area contributed by atoms with Crippen molar-refractivity contribution in [2.45, 2.75) is 46.1 Å². The van der Waals surface area contributed by atoms with E-state index in [0.29, 0.717) is 6.54 Å². The van der Waals surface area contributed by atoms with E-state index in [1.165, 1.54) is 22.3 Å². The molecule has 0 radical (unpaired) electrons. The number of guanidine groups is 1. The zero-order valence-electron chi connectivity index (χ0n) is 21.0. The van der Waals surface area contributed by atoms with Crippen LogP contribution in [0.5, 0.6) is 0 Å². The highest BCUT2D eigenvalue weighted by Crippen LogP contribution is 2.28. The van der Waals surface area contributed by atoms with E-state index in [1.807, 2.05) is 12.1 Å². The number of rotatable bonds is 4. The van der Waals surface area contributed by atoms with Crippen molar-refractivity contribution in [1.82, 2.24) is 24.9 Å². The molecule has 1 N–H and O–H groups in total. The van der Waals surface area contributed by atoms with Crippen molar-refractivity contribution in [2.75, 3.05) is 33.2 Å². The fourth-order valence-corrected chi connectivity index (χ4v) is 5.23. The van der Waals surface area contributed by atoms with E-state index in [0.717, 1.165) is 44.2 Å². The van der Waals surface area contributed by atoms with Crippen LogP contribution in [0.3, 0.4) is 0 Å². The van der Waals surface area contributed by atoms with Crippen LogP contribution in [0.2, 0.25) is 0 Å². The topological polar surface area (TPSA) is 71.5 Å². The van der Waals surface area contributed by atoms with Crippen LogP contribution in [0.15, 0.2) is 47.5 Å². The molecule has 3 aliphatic rings.